The predicted octanol–water partition coefficient (Wildman–Crippen LogP) is 6.20. The maximum Gasteiger partial charge on any atom is 0.146 e. The molecule has 3 aromatic carbocycles. The standard InChI is InChI=1S/C22H16F2N2/c1-12(2)16-10-21-19(11-18(16)24)25-22-15-8-7-13(23)9-17(15)14-5-3-4-6-20(14)26(21)22/h3-12H,1-2H3. The average Bonchev–Trinajstić information content (AvgIpc) is 2.99. The molecule has 0 atom stereocenters. The number of fused-ring (bicyclic) bond motifs is 8. The van der Waals surface area contributed by atoms with Gasteiger partial charge in [-0.3, -0.25) is 4.40 Å². The van der Waals surface area contributed by atoms with Crippen LogP contribution in [-0.4, -0.2) is 9.38 Å². The first-order chi connectivity index (χ1) is 12.5. The van der Waals surface area contributed by atoms with Crippen LogP contribution >= 0.6 is 0 Å². The first kappa shape index (κ1) is 15.3. The third-order valence-electron chi connectivity index (χ3n) is 5.05. The van der Waals surface area contributed by atoms with Crippen molar-refractivity contribution in [3.05, 3.63) is 71.8 Å². The van der Waals surface area contributed by atoms with Gasteiger partial charge in [0, 0.05) is 16.8 Å². The van der Waals surface area contributed by atoms with Gasteiger partial charge in [-0.05, 0) is 47.2 Å². The summed E-state index contributed by atoms with van der Waals surface area (Å²) in [5, 5.41) is 2.62. The molecule has 128 valence electrons. The SMILES string of the molecule is CC(C)c1cc2c(cc1F)nc1c3ccc(F)cc3c3ccccc3n21. The Balaban J connectivity index is 2.10. The van der Waals surface area contributed by atoms with Crippen LogP contribution in [0.25, 0.3) is 38.4 Å². The highest BCUT2D eigenvalue weighted by Gasteiger charge is 2.17. The van der Waals surface area contributed by atoms with Gasteiger partial charge in [-0.2, -0.15) is 0 Å². The molecule has 0 spiro atoms. The minimum atomic E-state index is -0.281. The molecule has 5 rings (SSSR count). The molecule has 0 saturated carbocycles. The van der Waals surface area contributed by atoms with Crippen LogP contribution < -0.4 is 0 Å². The predicted molar refractivity (Wildman–Crippen MR) is 102 cm³/mol. The summed E-state index contributed by atoms with van der Waals surface area (Å²) in [6.45, 7) is 3.95. The van der Waals surface area contributed by atoms with Crippen LogP contribution in [0.4, 0.5) is 8.78 Å². The Kier molecular flexibility index (Phi) is 3.08. The van der Waals surface area contributed by atoms with Crippen LogP contribution in [0.3, 0.4) is 0 Å². The number of halogens is 2. The van der Waals surface area contributed by atoms with Gasteiger partial charge < -0.3 is 0 Å². The van der Waals surface area contributed by atoms with Gasteiger partial charge >= 0.3 is 0 Å². The minimum Gasteiger partial charge on any atom is -0.292 e. The van der Waals surface area contributed by atoms with Crippen LogP contribution in [0, 0.1) is 11.6 Å². The van der Waals surface area contributed by atoms with E-state index < -0.39 is 0 Å². The lowest BCUT2D eigenvalue weighted by atomic mass is 10.0. The molecule has 0 aliphatic rings. The largest absolute Gasteiger partial charge is 0.292 e. The minimum absolute atomic E-state index is 0.0748. The van der Waals surface area contributed by atoms with Crippen molar-refractivity contribution in [1.82, 2.24) is 9.38 Å². The van der Waals surface area contributed by atoms with Gasteiger partial charge in [-0.25, -0.2) is 13.8 Å². The Bertz CT molecular complexity index is 1330. The van der Waals surface area contributed by atoms with Crippen LogP contribution in [0.1, 0.15) is 25.3 Å². The van der Waals surface area contributed by atoms with Crippen molar-refractivity contribution in [2.24, 2.45) is 0 Å². The number of benzene rings is 3. The molecule has 0 aliphatic heterocycles. The van der Waals surface area contributed by atoms with Gasteiger partial charge in [-0.1, -0.05) is 32.0 Å². The van der Waals surface area contributed by atoms with E-state index in [-0.39, 0.29) is 17.6 Å². The van der Waals surface area contributed by atoms with E-state index in [4.69, 9.17) is 0 Å². The second-order valence-electron chi connectivity index (χ2n) is 7.00. The molecular formula is C22H16F2N2. The summed E-state index contributed by atoms with van der Waals surface area (Å²) in [5.41, 5.74) is 3.79. The van der Waals surface area contributed by atoms with Crippen molar-refractivity contribution >= 4 is 38.4 Å². The highest BCUT2D eigenvalue weighted by molar-refractivity contribution is 6.13. The number of para-hydroxylation sites is 1. The zero-order valence-electron chi connectivity index (χ0n) is 14.4. The van der Waals surface area contributed by atoms with Crippen molar-refractivity contribution < 1.29 is 8.78 Å². The Hall–Kier alpha value is -3.01. The molecule has 26 heavy (non-hydrogen) atoms. The Morgan fingerprint density at radius 3 is 2.46 bits per heavy atom. The van der Waals surface area contributed by atoms with Crippen molar-refractivity contribution in [2.45, 2.75) is 19.8 Å². The third kappa shape index (κ3) is 1.99. The lowest BCUT2D eigenvalue weighted by molar-refractivity contribution is 0.600. The monoisotopic (exact) mass is 346 g/mol. The zero-order valence-corrected chi connectivity index (χ0v) is 14.4. The second-order valence-corrected chi connectivity index (χ2v) is 7.00. The highest BCUT2D eigenvalue weighted by atomic mass is 19.1. The smallest absolute Gasteiger partial charge is 0.146 e. The number of aromatic nitrogens is 2. The number of hydrogen-bond acceptors (Lipinski definition) is 1. The molecule has 0 amide bonds. The fourth-order valence-corrected chi connectivity index (χ4v) is 3.81. The van der Waals surface area contributed by atoms with Gasteiger partial charge in [-0.15, -0.1) is 0 Å². The fraction of sp³-hybridized carbons (Fsp3) is 0.136. The lowest BCUT2D eigenvalue weighted by Gasteiger charge is -2.10. The van der Waals surface area contributed by atoms with Gasteiger partial charge in [0.25, 0.3) is 0 Å². The Morgan fingerprint density at radius 2 is 1.65 bits per heavy atom. The molecule has 0 bridgehead atoms. The number of nitrogens with zero attached hydrogens (tertiary/aromatic N) is 2. The third-order valence-corrected chi connectivity index (χ3v) is 5.05. The zero-order chi connectivity index (χ0) is 18.0. The van der Waals surface area contributed by atoms with Crippen molar-refractivity contribution in [1.29, 1.82) is 0 Å². The molecule has 2 aromatic heterocycles. The van der Waals surface area contributed by atoms with E-state index in [0.717, 1.165) is 27.2 Å². The average molecular weight is 346 g/mol. The van der Waals surface area contributed by atoms with Gasteiger partial charge in [0.2, 0.25) is 0 Å². The normalized spacial score (nSPS) is 12.2. The molecule has 2 heterocycles. The first-order valence-corrected chi connectivity index (χ1v) is 8.66. The van der Waals surface area contributed by atoms with Crippen LogP contribution in [-0.2, 0) is 0 Å². The summed E-state index contributed by atoms with van der Waals surface area (Å²) in [5.74, 6) is -0.447. The van der Waals surface area contributed by atoms with E-state index in [0.29, 0.717) is 16.7 Å². The molecule has 5 aromatic rings. The van der Waals surface area contributed by atoms with E-state index >= 15 is 0 Å². The van der Waals surface area contributed by atoms with E-state index in [1.54, 1.807) is 6.07 Å². The maximum atomic E-state index is 14.5. The van der Waals surface area contributed by atoms with Crippen molar-refractivity contribution in [3.63, 3.8) is 0 Å². The summed E-state index contributed by atoms with van der Waals surface area (Å²) in [6.07, 6.45) is 0. The van der Waals surface area contributed by atoms with Gasteiger partial charge in [0.1, 0.15) is 17.3 Å². The van der Waals surface area contributed by atoms with E-state index in [1.165, 1.54) is 18.2 Å². The van der Waals surface area contributed by atoms with E-state index in [1.807, 2.05) is 44.2 Å². The molecule has 0 aliphatic carbocycles. The second kappa shape index (κ2) is 5.24. The molecule has 0 fully saturated rings. The van der Waals surface area contributed by atoms with Crippen molar-refractivity contribution in [3.8, 4) is 0 Å². The molecule has 4 heteroatoms. The lowest BCUT2D eigenvalue weighted by Crippen LogP contribution is -1.95. The summed E-state index contributed by atoms with van der Waals surface area (Å²) in [4.78, 5) is 4.68. The Morgan fingerprint density at radius 1 is 0.846 bits per heavy atom. The molecule has 0 saturated heterocycles. The molecule has 2 nitrogen and oxygen atoms in total. The summed E-state index contributed by atoms with van der Waals surface area (Å²) < 4.78 is 30.4. The van der Waals surface area contributed by atoms with E-state index in [2.05, 4.69) is 9.38 Å². The van der Waals surface area contributed by atoms with Crippen LogP contribution in [0.5, 0.6) is 0 Å². The number of hydrogen-bond donors (Lipinski definition) is 0. The summed E-state index contributed by atoms with van der Waals surface area (Å²) in [6, 6.07) is 16.0. The Labute approximate surface area is 148 Å². The summed E-state index contributed by atoms with van der Waals surface area (Å²) in [7, 11) is 0. The molecular weight excluding hydrogens is 330 g/mol. The van der Waals surface area contributed by atoms with Crippen LogP contribution in [0.2, 0.25) is 0 Å². The first-order valence-electron chi connectivity index (χ1n) is 8.66. The number of pyridine rings is 1. The van der Waals surface area contributed by atoms with Crippen molar-refractivity contribution in [2.75, 3.05) is 0 Å². The highest BCUT2D eigenvalue weighted by Crippen LogP contribution is 2.34. The molecule has 0 radical (unpaired) electrons. The summed E-state index contributed by atoms with van der Waals surface area (Å²) >= 11 is 0. The number of rotatable bonds is 1. The molecule has 0 unspecified atom stereocenters. The van der Waals surface area contributed by atoms with Gasteiger partial charge in [0.15, 0.2) is 0 Å². The quantitative estimate of drug-likeness (QED) is 0.331. The maximum absolute atomic E-state index is 14.5. The van der Waals surface area contributed by atoms with Gasteiger partial charge in [0.05, 0.1) is 16.6 Å². The molecule has 0 N–H and O–H groups in total. The van der Waals surface area contributed by atoms with Crippen LogP contribution in [0.15, 0.2) is 54.6 Å². The number of imidazole rings is 1. The fourth-order valence-electron chi connectivity index (χ4n) is 3.81. The topological polar surface area (TPSA) is 17.3 Å². The van der Waals surface area contributed by atoms with E-state index in [9.17, 15) is 8.78 Å².